The standard InChI is InChI=1S/2C5H5BrN2.C5H5ClN2.C4H2Br2N2.C4H2BrClN2.C4H4BrNS.C4H2Cl2N2.2C3HBr2NS.C3H2BrNS/c1-4-7-2-5(6)3-8-4;1-4-2-8-5(6)3-7-4;1-4-2-5(6)8-3-7-4;5-3-1-7-4(6)2-8-3;5-3-1-7-4(6)8-2-3;1-3-6-2-4(5)7-3;5-3-1-4(6)8-2-7-3;2*4-2-1-6-3(5)7-2;4-3-5-1-2-6-3/h3*2-3H,1H3;2*1-2H;2H,1H3;1-2H;2*1H;1-2H. The molecule has 0 aromatic carbocycles. The monoisotopic (exact) mass is 1870 g/mol. The molecule has 0 N–H and O–H groups in total. The lowest BCUT2D eigenvalue weighted by Gasteiger charge is -1.87. The molecule has 0 radical (unpaired) electrons. The Hall–Kier alpha value is -0.560. The molecule has 0 unspecified atom stereocenters. The highest BCUT2D eigenvalue weighted by Crippen LogP contribution is 2.24. The lowest BCUT2D eigenvalue weighted by Crippen LogP contribution is -1.82. The van der Waals surface area contributed by atoms with Gasteiger partial charge in [0, 0.05) is 54.3 Å². The molecular formula is C40H29Br11Cl4N16S4. The van der Waals surface area contributed by atoms with Crippen LogP contribution in [0.4, 0.5) is 0 Å². The van der Waals surface area contributed by atoms with E-state index >= 15 is 0 Å². The molecule has 0 aliphatic carbocycles. The van der Waals surface area contributed by atoms with E-state index in [1.165, 1.54) is 18.7 Å². The fraction of sp³-hybridized carbons (Fsp3) is 0.100. The number of rotatable bonds is 0. The van der Waals surface area contributed by atoms with E-state index in [-0.39, 0.29) is 5.28 Å². The maximum atomic E-state index is 5.49. The first-order valence-electron chi connectivity index (χ1n) is 18.9. The highest BCUT2D eigenvalue weighted by atomic mass is 79.9. The van der Waals surface area contributed by atoms with Gasteiger partial charge in [-0.1, -0.05) is 34.8 Å². The summed E-state index contributed by atoms with van der Waals surface area (Å²) in [5.74, 6) is 0.799. The Morgan fingerprint density at radius 3 is 1.00 bits per heavy atom. The molecule has 0 spiro atoms. The lowest BCUT2D eigenvalue weighted by atomic mass is 10.5. The second-order valence-electron chi connectivity index (χ2n) is 11.7. The van der Waals surface area contributed by atoms with Crippen molar-refractivity contribution in [2.24, 2.45) is 0 Å². The quantitative estimate of drug-likeness (QED) is 0.102. The van der Waals surface area contributed by atoms with E-state index in [4.69, 9.17) is 46.4 Å². The van der Waals surface area contributed by atoms with Gasteiger partial charge in [0.2, 0.25) is 5.28 Å². The second-order valence-corrected chi connectivity index (χ2v) is 29.6. The van der Waals surface area contributed by atoms with Gasteiger partial charge in [-0.15, -0.1) is 45.3 Å². The van der Waals surface area contributed by atoms with Crippen LogP contribution in [0.5, 0.6) is 0 Å². The van der Waals surface area contributed by atoms with Crippen molar-refractivity contribution in [1.29, 1.82) is 0 Å². The Morgan fingerprint density at radius 2 is 0.787 bits per heavy atom. The van der Waals surface area contributed by atoms with E-state index in [1.54, 1.807) is 126 Å². The molecule has 0 fully saturated rings. The van der Waals surface area contributed by atoms with Gasteiger partial charge in [0.05, 0.1) is 68.2 Å². The third-order valence-electron chi connectivity index (χ3n) is 5.94. The summed E-state index contributed by atoms with van der Waals surface area (Å²) in [5, 5.41) is 4.52. The normalized spacial score (nSPS) is 9.27. The molecular weight excluding hydrogens is 1850 g/mol. The molecule has 398 valence electrons. The number of halogens is 15. The van der Waals surface area contributed by atoms with Crippen molar-refractivity contribution < 1.29 is 0 Å². The molecule has 10 heterocycles. The summed E-state index contributed by atoms with van der Waals surface area (Å²) in [6.07, 6.45) is 23.1. The minimum Gasteiger partial charge on any atom is -0.257 e. The first kappa shape index (κ1) is 72.5. The van der Waals surface area contributed by atoms with E-state index in [0.29, 0.717) is 15.5 Å². The number of hydrogen-bond donors (Lipinski definition) is 0. The largest absolute Gasteiger partial charge is 0.257 e. The van der Waals surface area contributed by atoms with Crippen LogP contribution in [0.15, 0.2) is 150 Å². The third-order valence-corrected chi connectivity index (χ3v) is 15.4. The molecule has 0 saturated carbocycles. The van der Waals surface area contributed by atoms with Gasteiger partial charge in [0.1, 0.15) is 47.7 Å². The molecule has 16 nitrogen and oxygen atoms in total. The lowest BCUT2D eigenvalue weighted by molar-refractivity contribution is 1.04. The average Bonchev–Trinajstić information content (AvgIpc) is 4.19. The topological polar surface area (TPSA) is 206 Å². The first-order valence-corrected chi connectivity index (χ1v) is 32.4. The van der Waals surface area contributed by atoms with E-state index in [1.807, 2.05) is 33.1 Å². The number of aryl methyl sites for hydroxylation is 4. The number of nitrogens with zero attached hydrogens (tertiary/aromatic N) is 16. The molecule has 0 aliphatic heterocycles. The van der Waals surface area contributed by atoms with Crippen molar-refractivity contribution in [3.8, 4) is 0 Å². The van der Waals surface area contributed by atoms with Crippen molar-refractivity contribution in [2.45, 2.75) is 27.7 Å². The van der Waals surface area contributed by atoms with Crippen molar-refractivity contribution in [3.63, 3.8) is 0 Å². The van der Waals surface area contributed by atoms with Crippen molar-refractivity contribution in [3.05, 3.63) is 193 Å². The van der Waals surface area contributed by atoms with Crippen LogP contribution in [0.3, 0.4) is 0 Å². The van der Waals surface area contributed by atoms with Gasteiger partial charge in [-0.25, -0.2) is 74.8 Å². The minimum atomic E-state index is 0.271. The van der Waals surface area contributed by atoms with Gasteiger partial charge in [-0.2, -0.15) is 0 Å². The van der Waals surface area contributed by atoms with Gasteiger partial charge in [-0.05, 0) is 221 Å². The summed E-state index contributed by atoms with van der Waals surface area (Å²) in [4.78, 5) is 61.3. The van der Waals surface area contributed by atoms with Gasteiger partial charge in [0.15, 0.2) is 11.8 Å². The van der Waals surface area contributed by atoms with E-state index in [0.717, 1.165) is 68.1 Å². The van der Waals surface area contributed by atoms with Gasteiger partial charge < -0.3 is 0 Å². The van der Waals surface area contributed by atoms with Crippen molar-refractivity contribution in [1.82, 2.24) is 79.7 Å². The molecule has 75 heavy (non-hydrogen) atoms. The first-order chi connectivity index (χ1) is 35.5. The van der Waals surface area contributed by atoms with Crippen LogP contribution in [0.1, 0.15) is 22.2 Å². The van der Waals surface area contributed by atoms with Gasteiger partial charge >= 0.3 is 0 Å². The van der Waals surface area contributed by atoms with E-state index in [9.17, 15) is 0 Å². The smallest absolute Gasteiger partial charge is 0.222 e. The summed E-state index contributed by atoms with van der Waals surface area (Å²) < 4.78 is 10.0. The number of hydrogen-bond acceptors (Lipinski definition) is 20. The molecule has 0 atom stereocenters. The molecule has 35 heteroatoms. The molecule has 0 bridgehead atoms. The summed E-state index contributed by atoms with van der Waals surface area (Å²) in [7, 11) is 0. The zero-order valence-corrected chi connectivity index (χ0v) is 61.5. The second kappa shape index (κ2) is 44.1. The summed E-state index contributed by atoms with van der Waals surface area (Å²) in [6, 6.07) is 3.19. The van der Waals surface area contributed by atoms with Crippen LogP contribution in [0, 0.1) is 27.7 Å². The predicted molar refractivity (Wildman–Crippen MR) is 344 cm³/mol. The molecule has 0 amide bonds. The molecule has 0 saturated heterocycles. The Balaban J connectivity index is 0.000000417. The van der Waals surface area contributed by atoms with Crippen LogP contribution in [0.2, 0.25) is 20.7 Å². The van der Waals surface area contributed by atoms with Crippen molar-refractivity contribution in [2.75, 3.05) is 0 Å². The van der Waals surface area contributed by atoms with Crippen LogP contribution in [-0.2, 0) is 0 Å². The minimum absolute atomic E-state index is 0.271. The Labute approximate surface area is 559 Å². The third kappa shape index (κ3) is 42.9. The van der Waals surface area contributed by atoms with Crippen LogP contribution >= 0.6 is 267 Å². The number of thiazole rings is 4. The fourth-order valence-corrected chi connectivity index (χ4v) is 11.3. The highest BCUT2D eigenvalue weighted by Gasteiger charge is 1.93. The molecule has 10 rings (SSSR count). The van der Waals surface area contributed by atoms with Gasteiger partial charge in [0.25, 0.3) is 0 Å². The molecule has 10 aromatic rings. The van der Waals surface area contributed by atoms with Crippen LogP contribution < -0.4 is 0 Å². The zero-order valence-electron chi connectivity index (χ0n) is 37.8. The summed E-state index contributed by atoms with van der Waals surface area (Å²) in [6.45, 7) is 7.61. The maximum absolute atomic E-state index is 5.49. The van der Waals surface area contributed by atoms with Crippen LogP contribution in [0.25, 0.3) is 0 Å². The Bertz CT molecular complexity index is 2560. The number of aromatic nitrogens is 16. The van der Waals surface area contributed by atoms with E-state index < -0.39 is 0 Å². The Morgan fingerprint density at radius 1 is 0.360 bits per heavy atom. The Kier molecular flexibility index (Phi) is 42.6. The van der Waals surface area contributed by atoms with E-state index in [2.05, 4.69) is 255 Å². The van der Waals surface area contributed by atoms with Gasteiger partial charge in [-0.3, -0.25) is 4.98 Å². The highest BCUT2D eigenvalue weighted by molar-refractivity contribution is 9.13. The average molecular weight is 1880 g/mol. The molecule has 0 aliphatic rings. The zero-order chi connectivity index (χ0) is 56.1. The fourth-order valence-electron chi connectivity index (χ4n) is 3.09. The SMILES string of the molecule is Brc1cnc(Br)cn1.Brc1cnc(Br)s1.Brc1cnc(Br)s1.Brc1nccs1.Cc1cc(Cl)ncn1.Cc1cnc(Br)cn1.Cc1ncc(Br)cn1.Cc1ncc(Br)s1.Clc1cc(Cl)ncn1.Clc1ncc(Br)cn1. The molecule has 10 aromatic heterocycles. The van der Waals surface area contributed by atoms with Crippen LogP contribution in [-0.4, -0.2) is 79.7 Å². The van der Waals surface area contributed by atoms with Crippen molar-refractivity contribution >= 4 is 267 Å². The summed E-state index contributed by atoms with van der Waals surface area (Å²) >= 11 is 63.3. The maximum Gasteiger partial charge on any atom is 0.222 e. The summed E-state index contributed by atoms with van der Waals surface area (Å²) in [5.41, 5.74) is 1.83. The predicted octanol–water partition coefficient (Wildman–Crippen LogP) is 19.7.